The van der Waals surface area contributed by atoms with Crippen molar-refractivity contribution in [1.82, 2.24) is 0 Å². The number of nitrogens with one attached hydrogen (secondary N) is 1. The Morgan fingerprint density at radius 2 is 2.03 bits per heavy atom. The summed E-state index contributed by atoms with van der Waals surface area (Å²) in [5.41, 5.74) is 1.52. The first-order valence-electron chi connectivity index (χ1n) is 9.79. The van der Waals surface area contributed by atoms with Crippen LogP contribution < -0.4 is 9.64 Å². The van der Waals surface area contributed by atoms with Gasteiger partial charge in [0, 0.05) is 12.1 Å². The van der Waals surface area contributed by atoms with Gasteiger partial charge in [-0.05, 0) is 42.5 Å². The Hall–Kier alpha value is -3.19. The summed E-state index contributed by atoms with van der Waals surface area (Å²) in [6.07, 6.45) is 3.79. The van der Waals surface area contributed by atoms with Gasteiger partial charge in [-0.1, -0.05) is 19.1 Å². The molecule has 0 spiro atoms. The highest BCUT2D eigenvalue weighted by atomic mass is 16.6. The number of non-ortho nitro benzene ring substituents is 1. The van der Waals surface area contributed by atoms with E-state index in [1.165, 1.54) is 29.2 Å². The lowest BCUT2D eigenvalue weighted by Gasteiger charge is -2.27. The number of nitro benzene ring substituents is 1. The maximum absolute atomic E-state index is 12.8. The fourth-order valence-electron chi connectivity index (χ4n) is 3.94. The molecule has 4 rings (SSSR count). The number of aromatic hydroxyl groups is 1. The molecule has 0 atom stereocenters. The second-order valence-corrected chi connectivity index (χ2v) is 7.84. The molecule has 150 valence electrons. The molecule has 7 nitrogen and oxygen atoms in total. The average Bonchev–Trinajstić information content (AvgIpc) is 3.01. The number of ether oxygens (including phenoxy) is 1. The van der Waals surface area contributed by atoms with Crippen LogP contribution in [0.3, 0.4) is 0 Å². The molecular formula is C22H23N2O5+. The maximum Gasteiger partial charge on any atom is 0.270 e. The van der Waals surface area contributed by atoms with Gasteiger partial charge in [0.15, 0.2) is 11.5 Å². The number of benzene rings is 2. The number of likely N-dealkylation sites (tertiary alicyclic amines) is 1. The zero-order valence-electron chi connectivity index (χ0n) is 16.2. The minimum Gasteiger partial charge on any atom is -0.507 e. The minimum atomic E-state index is -0.480. The summed E-state index contributed by atoms with van der Waals surface area (Å²) in [5, 5.41) is 21.4. The molecule has 2 heterocycles. The maximum atomic E-state index is 12.8. The highest BCUT2D eigenvalue weighted by molar-refractivity contribution is 6.15. The van der Waals surface area contributed by atoms with Gasteiger partial charge in [-0.15, -0.1) is 0 Å². The van der Waals surface area contributed by atoms with Crippen molar-refractivity contribution in [1.29, 1.82) is 0 Å². The predicted octanol–water partition coefficient (Wildman–Crippen LogP) is 2.73. The first-order chi connectivity index (χ1) is 13.9. The predicted molar refractivity (Wildman–Crippen MR) is 107 cm³/mol. The number of nitrogens with zero attached hydrogens (tertiary/aromatic N) is 1. The third-order valence-electron chi connectivity index (χ3n) is 5.70. The monoisotopic (exact) mass is 395 g/mol. The van der Waals surface area contributed by atoms with E-state index in [0.29, 0.717) is 29.0 Å². The standard InChI is InChI=1S/C22H22N2O5/c1-14-7-9-23(10-8-14)13-18-19(25)6-5-17-21(26)20(29-22(17)18)12-15-3-2-4-16(11-15)24(27)28/h2-6,11-12,14,25H,7-10,13H2,1H3/p+1/b20-12-. The Morgan fingerprint density at radius 1 is 1.28 bits per heavy atom. The molecule has 2 aromatic rings. The van der Waals surface area contributed by atoms with E-state index in [1.807, 2.05) is 0 Å². The number of ketones is 1. The molecule has 0 aliphatic carbocycles. The number of allylic oxidation sites excluding steroid dienone is 1. The Morgan fingerprint density at radius 3 is 2.76 bits per heavy atom. The third-order valence-corrected chi connectivity index (χ3v) is 5.70. The summed E-state index contributed by atoms with van der Waals surface area (Å²) in [6.45, 7) is 4.89. The van der Waals surface area contributed by atoms with Crippen LogP contribution in [0.25, 0.3) is 6.08 Å². The number of hydrogen-bond donors (Lipinski definition) is 2. The summed E-state index contributed by atoms with van der Waals surface area (Å²) >= 11 is 0. The van der Waals surface area contributed by atoms with Crippen LogP contribution in [0.4, 0.5) is 5.69 Å². The van der Waals surface area contributed by atoms with Crippen molar-refractivity contribution in [2.75, 3.05) is 13.1 Å². The molecule has 0 aromatic heterocycles. The summed E-state index contributed by atoms with van der Waals surface area (Å²) in [5.74, 6) is 1.07. The molecule has 2 aliphatic heterocycles. The summed E-state index contributed by atoms with van der Waals surface area (Å²) in [4.78, 5) is 24.7. The number of carbonyl (C=O) groups is 1. The summed E-state index contributed by atoms with van der Waals surface area (Å²) < 4.78 is 5.87. The Balaban J connectivity index is 1.62. The van der Waals surface area contributed by atoms with Gasteiger partial charge in [-0.25, -0.2) is 0 Å². The molecular weight excluding hydrogens is 372 g/mol. The number of quaternary nitrogens is 1. The van der Waals surface area contributed by atoms with Crippen LogP contribution in [-0.4, -0.2) is 28.9 Å². The molecule has 0 saturated carbocycles. The Labute approximate surface area is 168 Å². The summed E-state index contributed by atoms with van der Waals surface area (Å²) in [6, 6.07) is 9.14. The van der Waals surface area contributed by atoms with E-state index in [4.69, 9.17) is 4.74 Å². The van der Waals surface area contributed by atoms with Crippen LogP contribution >= 0.6 is 0 Å². The molecule has 29 heavy (non-hydrogen) atoms. The first-order valence-corrected chi connectivity index (χ1v) is 9.79. The number of rotatable bonds is 4. The molecule has 0 amide bonds. The number of phenols is 1. The molecule has 0 radical (unpaired) electrons. The minimum absolute atomic E-state index is 0.0522. The number of carbonyl (C=O) groups excluding carboxylic acids is 1. The van der Waals surface area contributed by atoms with Gasteiger partial charge in [0.1, 0.15) is 12.3 Å². The highest BCUT2D eigenvalue weighted by Crippen LogP contribution is 2.39. The molecule has 2 aliphatic rings. The fourth-order valence-corrected chi connectivity index (χ4v) is 3.94. The van der Waals surface area contributed by atoms with E-state index in [2.05, 4.69) is 6.92 Å². The van der Waals surface area contributed by atoms with Crippen molar-refractivity contribution in [3.8, 4) is 11.5 Å². The fraction of sp³-hybridized carbons (Fsp3) is 0.318. The topological polar surface area (TPSA) is 94.1 Å². The van der Waals surface area contributed by atoms with Crippen molar-refractivity contribution < 1.29 is 24.5 Å². The van der Waals surface area contributed by atoms with E-state index in [9.17, 15) is 20.0 Å². The van der Waals surface area contributed by atoms with Gasteiger partial charge in [0.25, 0.3) is 5.69 Å². The van der Waals surface area contributed by atoms with Crippen molar-refractivity contribution in [2.24, 2.45) is 5.92 Å². The highest BCUT2D eigenvalue weighted by Gasteiger charge is 2.33. The largest absolute Gasteiger partial charge is 0.507 e. The third kappa shape index (κ3) is 3.86. The van der Waals surface area contributed by atoms with E-state index in [-0.39, 0.29) is 23.0 Å². The van der Waals surface area contributed by atoms with Crippen molar-refractivity contribution in [3.63, 3.8) is 0 Å². The SMILES string of the molecule is CC1CC[NH+](Cc2c(O)ccc3c2O/C(=C\c2cccc([N+](=O)[O-])c2)C3=O)CC1. The van der Waals surface area contributed by atoms with Gasteiger partial charge in [-0.3, -0.25) is 14.9 Å². The van der Waals surface area contributed by atoms with Gasteiger partial charge in [0.05, 0.1) is 29.1 Å². The first kappa shape index (κ1) is 19.1. The number of Topliss-reactive ketones (excluding diaryl/α,β-unsaturated/α-hetero) is 1. The van der Waals surface area contributed by atoms with Crippen LogP contribution in [0.5, 0.6) is 11.5 Å². The number of fused-ring (bicyclic) bond motifs is 1. The van der Waals surface area contributed by atoms with E-state index < -0.39 is 4.92 Å². The molecule has 1 saturated heterocycles. The van der Waals surface area contributed by atoms with Gasteiger partial charge < -0.3 is 14.7 Å². The molecule has 2 aromatic carbocycles. The zero-order valence-corrected chi connectivity index (χ0v) is 16.2. The number of phenolic OH excluding ortho intramolecular Hbond substituents is 1. The molecule has 2 N–H and O–H groups in total. The van der Waals surface area contributed by atoms with Crippen LogP contribution in [-0.2, 0) is 6.54 Å². The van der Waals surface area contributed by atoms with Gasteiger partial charge >= 0.3 is 0 Å². The van der Waals surface area contributed by atoms with E-state index in [1.54, 1.807) is 18.2 Å². The van der Waals surface area contributed by atoms with Crippen molar-refractivity contribution >= 4 is 17.5 Å². The van der Waals surface area contributed by atoms with E-state index in [0.717, 1.165) is 31.8 Å². The normalized spacial score (nSPS) is 22.4. The van der Waals surface area contributed by atoms with E-state index >= 15 is 0 Å². The molecule has 0 unspecified atom stereocenters. The van der Waals surface area contributed by atoms with Crippen LogP contribution in [0.15, 0.2) is 42.2 Å². The van der Waals surface area contributed by atoms with Gasteiger partial charge in [-0.2, -0.15) is 0 Å². The quantitative estimate of drug-likeness (QED) is 0.472. The van der Waals surface area contributed by atoms with Crippen LogP contribution in [0, 0.1) is 16.0 Å². The second-order valence-electron chi connectivity index (χ2n) is 7.84. The zero-order chi connectivity index (χ0) is 20.5. The van der Waals surface area contributed by atoms with Crippen LogP contribution in [0.1, 0.15) is 41.3 Å². The van der Waals surface area contributed by atoms with Crippen molar-refractivity contribution in [2.45, 2.75) is 26.3 Å². The number of hydrogen-bond acceptors (Lipinski definition) is 5. The molecule has 7 heteroatoms. The Bertz CT molecular complexity index is 1010. The second kappa shape index (κ2) is 7.67. The number of nitro groups is 1. The lowest BCUT2D eigenvalue weighted by molar-refractivity contribution is -0.919. The average molecular weight is 395 g/mol. The summed E-state index contributed by atoms with van der Waals surface area (Å²) in [7, 11) is 0. The lowest BCUT2D eigenvalue weighted by Crippen LogP contribution is -3.11. The van der Waals surface area contributed by atoms with Crippen molar-refractivity contribution in [3.05, 3.63) is 69.0 Å². The lowest BCUT2D eigenvalue weighted by atomic mass is 9.98. The molecule has 1 fully saturated rings. The van der Waals surface area contributed by atoms with Gasteiger partial charge in [0.2, 0.25) is 5.78 Å². The Kier molecular flexibility index (Phi) is 5.07. The number of piperidine rings is 1. The smallest absolute Gasteiger partial charge is 0.270 e. The molecule has 0 bridgehead atoms. The van der Waals surface area contributed by atoms with Crippen LogP contribution in [0.2, 0.25) is 0 Å².